The van der Waals surface area contributed by atoms with Crippen LogP contribution < -0.4 is 10.6 Å². The second kappa shape index (κ2) is 10.4. The highest BCUT2D eigenvalue weighted by Crippen LogP contribution is 2.07. The molecule has 1 rings (SSSR count). The number of carbonyl (C=O) groups excluding carboxylic acids is 1. The molecular formula is C15H30N4O2. The van der Waals surface area contributed by atoms with Crippen molar-refractivity contribution in [3.05, 3.63) is 0 Å². The van der Waals surface area contributed by atoms with Crippen molar-refractivity contribution in [2.24, 2.45) is 10.9 Å². The van der Waals surface area contributed by atoms with Crippen LogP contribution in [0.3, 0.4) is 0 Å². The molecule has 0 atom stereocenters. The summed E-state index contributed by atoms with van der Waals surface area (Å²) in [4.78, 5) is 18.2. The smallest absolute Gasteiger partial charge is 0.244 e. The first-order valence-electron chi connectivity index (χ1n) is 8.01. The van der Waals surface area contributed by atoms with Crippen molar-refractivity contribution in [3.8, 4) is 0 Å². The third-order valence-electron chi connectivity index (χ3n) is 3.17. The molecule has 0 aromatic carbocycles. The molecule has 21 heavy (non-hydrogen) atoms. The van der Waals surface area contributed by atoms with Gasteiger partial charge in [-0.1, -0.05) is 13.8 Å². The van der Waals surface area contributed by atoms with Gasteiger partial charge in [-0.15, -0.1) is 0 Å². The minimum Gasteiger partial charge on any atom is -0.379 e. The van der Waals surface area contributed by atoms with Crippen molar-refractivity contribution < 1.29 is 9.53 Å². The number of hydrogen-bond donors (Lipinski definition) is 2. The summed E-state index contributed by atoms with van der Waals surface area (Å²) in [6.45, 7) is 11.1. The predicted molar refractivity (Wildman–Crippen MR) is 85.5 cm³/mol. The van der Waals surface area contributed by atoms with Gasteiger partial charge in [0.1, 0.15) is 6.54 Å². The van der Waals surface area contributed by atoms with Crippen LogP contribution in [0.5, 0.6) is 0 Å². The maximum absolute atomic E-state index is 11.9. The van der Waals surface area contributed by atoms with E-state index in [2.05, 4.69) is 29.5 Å². The van der Waals surface area contributed by atoms with Crippen molar-refractivity contribution in [1.82, 2.24) is 15.5 Å². The Morgan fingerprint density at radius 1 is 1.29 bits per heavy atom. The highest BCUT2D eigenvalue weighted by molar-refractivity contribution is 5.85. The van der Waals surface area contributed by atoms with Gasteiger partial charge < -0.3 is 20.3 Å². The van der Waals surface area contributed by atoms with Gasteiger partial charge in [0, 0.05) is 32.8 Å². The molecule has 122 valence electrons. The third-order valence-corrected chi connectivity index (χ3v) is 3.17. The van der Waals surface area contributed by atoms with Crippen LogP contribution >= 0.6 is 0 Å². The fraction of sp³-hybridized carbons (Fsp3) is 0.867. The monoisotopic (exact) mass is 298 g/mol. The summed E-state index contributed by atoms with van der Waals surface area (Å²) < 4.78 is 5.51. The van der Waals surface area contributed by atoms with E-state index >= 15 is 0 Å². The molecule has 0 aromatic rings. The first kappa shape index (κ1) is 17.8. The Labute approximate surface area is 128 Å². The average molecular weight is 298 g/mol. The average Bonchev–Trinajstić information content (AvgIpc) is 2.97. The highest BCUT2D eigenvalue weighted by Gasteiger charge is 2.17. The molecule has 0 unspecified atom stereocenters. The van der Waals surface area contributed by atoms with Gasteiger partial charge >= 0.3 is 0 Å². The van der Waals surface area contributed by atoms with E-state index in [1.54, 1.807) is 0 Å². The van der Waals surface area contributed by atoms with E-state index in [-0.39, 0.29) is 12.5 Å². The minimum atomic E-state index is 0.112. The standard InChI is InChI=1S/C15H30N4O2/c1-4-16-15(17-7-10-21-12-13(2)3)18-11-14(20)19-8-5-6-9-19/h13H,4-12H2,1-3H3,(H2,16,17,18). The van der Waals surface area contributed by atoms with Crippen LogP contribution in [0.4, 0.5) is 0 Å². The highest BCUT2D eigenvalue weighted by atomic mass is 16.5. The Bertz CT molecular complexity index is 326. The zero-order chi connectivity index (χ0) is 15.5. The van der Waals surface area contributed by atoms with Crippen molar-refractivity contribution in [1.29, 1.82) is 0 Å². The lowest BCUT2D eigenvalue weighted by Crippen LogP contribution is -2.40. The molecule has 6 heteroatoms. The molecular weight excluding hydrogens is 268 g/mol. The van der Waals surface area contributed by atoms with Gasteiger partial charge in [0.25, 0.3) is 0 Å². The number of nitrogens with zero attached hydrogens (tertiary/aromatic N) is 2. The van der Waals surface area contributed by atoms with Crippen LogP contribution in [-0.2, 0) is 9.53 Å². The fourth-order valence-corrected chi connectivity index (χ4v) is 2.12. The number of aliphatic imine (C=N–C) groups is 1. The van der Waals surface area contributed by atoms with Gasteiger partial charge in [-0.2, -0.15) is 0 Å². The van der Waals surface area contributed by atoms with Gasteiger partial charge in [-0.25, -0.2) is 4.99 Å². The summed E-state index contributed by atoms with van der Waals surface area (Å²) in [5.74, 6) is 1.34. The molecule has 1 heterocycles. The lowest BCUT2D eigenvalue weighted by Gasteiger charge is -2.15. The largest absolute Gasteiger partial charge is 0.379 e. The normalized spacial score (nSPS) is 15.6. The number of amides is 1. The Hall–Kier alpha value is -1.30. The molecule has 0 spiro atoms. The van der Waals surface area contributed by atoms with E-state index in [4.69, 9.17) is 4.74 Å². The molecule has 0 aliphatic carbocycles. The molecule has 1 fully saturated rings. The van der Waals surface area contributed by atoms with Gasteiger partial charge in [0.15, 0.2) is 5.96 Å². The summed E-state index contributed by atoms with van der Waals surface area (Å²) in [7, 11) is 0. The van der Waals surface area contributed by atoms with Gasteiger partial charge in [-0.3, -0.25) is 4.79 Å². The van der Waals surface area contributed by atoms with E-state index in [0.717, 1.165) is 39.1 Å². The van der Waals surface area contributed by atoms with E-state index in [1.165, 1.54) is 0 Å². The van der Waals surface area contributed by atoms with Crippen LogP contribution in [0.25, 0.3) is 0 Å². The Balaban J connectivity index is 2.26. The molecule has 0 aromatic heterocycles. The minimum absolute atomic E-state index is 0.112. The van der Waals surface area contributed by atoms with E-state index < -0.39 is 0 Å². The molecule has 2 N–H and O–H groups in total. The van der Waals surface area contributed by atoms with Crippen LogP contribution in [0.1, 0.15) is 33.6 Å². The summed E-state index contributed by atoms with van der Waals surface area (Å²) in [6.07, 6.45) is 2.22. The maximum atomic E-state index is 11.9. The lowest BCUT2D eigenvalue weighted by molar-refractivity contribution is -0.128. The summed E-state index contributed by atoms with van der Waals surface area (Å²) in [5.41, 5.74) is 0. The fourth-order valence-electron chi connectivity index (χ4n) is 2.12. The quantitative estimate of drug-likeness (QED) is 0.396. The van der Waals surface area contributed by atoms with Crippen LogP contribution in [0.2, 0.25) is 0 Å². The summed E-state index contributed by atoms with van der Waals surface area (Å²) in [6, 6.07) is 0. The number of likely N-dealkylation sites (tertiary alicyclic amines) is 1. The molecule has 0 bridgehead atoms. The Morgan fingerprint density at radius 3 is 2.62 bits per heavy atom. The molecule has 1 saturated heterocycles. The topological polar surface area (TPSA) is 66.0 Å². The zero-order valence-corrected chi connectivity index (χ0v) is 13.7. The lowest BCUT2D eigenvalue weighted by atomic mass is 10.2. The van der Waals surface area contributed by atoms with Crippen molar-refractivity contribution in [2.75, 3.05) is 45.9 Å². The third kappa shape index (κ3) is 7.90. The van der Waals surface area contributed by atoms with Crippen molar-refractivity contribution >= 4 is 11.9 Å². The number of carbonyl (C=O) groups is 1. The molecule has 6 nitrogen and oxygen atoms in total. The van der Waals surface area contributed by atoms with Gasteiger partial charge in [0.2, 0.25) is 5.91 Å². The SMILES string of the molecule is CCNC(=NCC(=O)N1CCCC1)NCCOCC(C)C. The molecule has 1 aliphatic heterocycles. The van der Waals surface area contributed by atoms with E-state index in [0.29, 0.717) is 25.0 Å². The number of rotatable bonds is 8. The first-order valence-corrected chi connectivity index (χ1v) is 8.01. The summed E-state index contributed by atoms with van der Waals surface area (Å²) in [5, 5.41) is 6.32. The number of hydrogen-bond acceptors (Lipinski definition) is 3. The summed E-state index contributed by atoms with van der Waals surface area (Å²) >= 11 is 0. The number of nitrogens with one attached hydrogen (secondary N) is 2. The van der Waals surface area contributed by atoms with Crippen molar-refractivity contribution in [3.63, 3.8) is 0 Å². The van der Waals surface area contributed by atoms with E-state index in [9.17, 15) is 4.79 Å². The molecule has 0 saturated carbocycles. The van der Waals surface area contributed by atoms with Gasteiger partial charge in [-0.05, 0) is 25.7 Å². The zero-order valence-electron chi connectivity index (χ0n) is 13.7. The van der Waals surface area contributed by atoms with E-state index in [1.807, 2.05) is 11.8 Å². The molecule has 1 amide bonds. The second-order valence-electron chi connectivity index (χ2n) is 5.68. The molecule has 0 radical (unpaired) electrons. The Morgan fingerprint density at radius 2 is 2.00 bits per heavy atom. The molecule has 1 aliphatic rings. The van der Waals surface area contributed by atoms with Crippen molar-refractivity contribution in [2.45, 2.75) is 33.6 Å². The predicted octanol–water partition coefficient (Wildman–Crippen LogP) is 0.837. The van der Waals surface area contributed by atoms with Crippen LogP contribution in [0, 0.1) is 5.92 Å². The maximum Gasteiger partial charge on any atom is 0.244 e. The number of guanidine groups is 1. The number of ether oxygens (including phenoxy) is 1. The van der Waals surface area contributed by atoms with Gasteiger partial charge in [0.05, 0.1) is 6.61 Å². The Kier molecular flexibility index (Phi) is 8.82. The van der Waals surface area contributed by atoms with Crippen LogP contribution in [0.15, 0.2) is 4.99 Å². The van der Waals surface area contributed by atoms with Crippen LogP contribution in [-0.4, -0.2) is 62.7 Å². The first-order chi connectivity index (χ1) is 10.1. The second-order valence-corrected chi connectivity index (χ2v) is 5.68.